The molecule has 5 rings (SSSR count). The van der Waals surface area contributed by atoms with Gasteiger partial charge >= 0.3 is 5.97 Å². The van der Waals surface area contributed by atoms with Crippen molar-refractivity contribution in [3.8, 4) is 22.6 Å². The number of benzene rings is 3. The van der Waals surface area contributed by atoms with Crippen LogP contribution in [0.4, 0.5) is 0 Å². The van der Waals surface area contributed by atoms with Gasteiger partial charge in [0.1, 0.15) is 17.6 Å². The second-order valence-corrected chi connectivity index (χ2v) is 8.63. The van der Waals surface area contributed by atoms with E-state index in [0.717, 1.165) is 29.9 Å². The zero-order chi connectivity index (χ0) is 21.5. The van der Waals surface area contributed by atoms with Crippen LogP contribution in [0.5, 0.6) is 11.5 Å². The Morgan fingerprint density at radius 1 is 1.06 bits per heavy atom. The Kier molecular flexibility index (Phi) is 4.93. The average Bonchev–Trinajstić information content (AvgIpc) is 3.31. The van der Waals surface area contributed by atoms with Gasteiger partial charge in [-0.25, -0.2) is 0 Å². The Morgan fingerprint density at radius 3 is 2.65 bits per heavy atom. The summed E-state index contributed by atoms with van der Waals surface area (Å²) in [6.07, 6.45) is 2.05. The summed E-state index contributed by atoms with van der Waals surface area (Å²) in [7, 11) is 0. The number of carboxylic acid groups (broad SMARTS) is 1. The zero-order valence-electron chi connectivity index (χ0n) is 17.9. The predicted octanol–water partition coefficient (Wildman–Crippen LogP) is 5.99. The van der Waals surface area contributed by atoms with E-state index >= 15 is 0 Å². The molecule has 0 fully saturated rings. The monoisotopic (exact) mass is 414 g/mol. The Labute approximate surface area is 182 Å². The topological polar surface area (TPSA) is 55.8 Å². The molecule has 1 aliphatic heterocycles. The van der Waals surface area contributed by atoms with Crippen LogP contribution in [0.25, 0.3) is 11.1 Å². The normalized spacial score (nSPS) is 18.9. The summed E-state index contributed by atoms with van der Waals surface area (Å²) in [6.45, 7) is 4.73. The van der Waals surface area contributed by atoms with Gasteiger partial charge in [0.25, 0.3) is 0 Å². The third-order valence-corrected chi connectivity index (χ3v) is 6.50. The lowest BCUT2D eigenvalue weighted by atomic mass is 9.93. The fourth-order valence-corrected chi connectivity index (χ4v) is 4.99. The molecular formula is C27H26O4. The van der Waals surface area contributed by atoms with Gasteiger partial charge in [-0.05, 0) is 72.2 Å². The van der Waals surface area contributed by atoms with Crippen molar-refractivity contribution in [2.75, 3.05) is 6.61 Å². The molecule has 1 aliphatic carbocycles. The van der Waals surface area contributed by atoms with E-state index in [2.05, 4.69) is 50.2 Å². The number of fused-ring (bicyclic) bond motifs is 2. The fraction of sp³-hybridized carbons (Fsp3) is 0.296. The molecule has 1 heterocycles. The van der Waals surface area contributed by atoms with E-state index in [0.29, 0.717) is 6.61 Å². The van der Waals surface area contributed by atoms with E-state index in [4.69, 9.17) is 14.6 Å². The highest BCUT2D eigenvalue weighted by Gasteiger charge is 2.29. The molecule has 1 N–H and O–H groups in total. The quantitative estimate of drug-likeness (QED) is 0.557. The van der Waals surface area contributed by atoms with Gasteiger partial charge in [0.15, 0.2) is 0 Å². The van der Waals surface area contributed by atoms with Crippen LogP contribution in [-0.2, 0) is 11.2 Å². The third kappa shape index (κ3) is 3.67. The summed E-state index contributed by atoms with van der Waals surface area (Å²) < 4.78 is 12.1. The molecule has 2 atom stereocenters. The first-order valence-electron chi connectivity index (χ1n) is 10.8. The molecule has 0 saturated carbocycles. The zero-order valence-corrected chi connectivity index (χ0v) is 17.9. The number of carbonyl (C=O) groups is 1. The van der Waals surface area contributed by atoms with Crippen molar-refractivity contribution in [1.29, 1.82) is 0 Å². The maximum absolute atomic E-state index is 11.1. The van der Waals surface area contributed by atoms with E-state index in [9.17, 15) is 4.79 Å². The van der Waals surface area contributed by atoms with Crippen LogP contribution in [0.15, 0.2) is 54.6 Å². The molecule has 0 saturated heterocycles. The largest absolute Gasteiger partial charge is 0.492 e. The Morgan fingerprint density at radius 2 is 1.87 bits per heavy atom. The summed E-state index contributed by atoms with van der Waals surface area (Å²) in [4.78, 5) is 11.1. The molecule has 0 bridgehead atoms. The minimum absolute atomic E-state index is 0.00791. The molecule has 2 unspecified atom stereocenters. The Bertz CT molecular complexity index is 1140. The lowest BCUT2D eigenvalue weighted by Crippen LogP contribution is -2.07. The van der Waals surface area contributed by atoms with Crippen molar-refractivity contribution >= 4 is 5.97 Å². The molecule has 0 spiro atoms. The van der Waals surface area contributed by atoms with Crippen molar-refractivity contribution in [3.63, 3.8) is 0 Å². The van der Waals surface area contributed by atoms with E-state index < -0.39 is 5.97 Å². The van der Waals surface area contributed by atoms with Crippen LogP contribution >= 0.6 is 0 Å². The van der Waals surface area contributed by atoms with Gasteiger partial charge in [0, 0.05) is 17.5 Å². The predicted molar refractivity (Wildman–Crippen MR) is 120 cm³/mol. The summed E-state index contributed by atoms with van der Waals surface area (Å²) >= 11 is 0. The number of ether oxygens (including phenoxy) is 2. The molecular weight excluding hydrogens is 388 g/mol. The maximum atomic E-state index is 11.1. The van der Waals surface area contributed by atoms with Gasteiger partial charge in [-0.15, -0.1) is 0 Å². The van der Waals surface area contributed by atoms with E-state index in [1.807, 2.05) is 18.2 Å². The first-order valence-corrected chi connectivity index (χ1v) is 10.8. The van der Waals surface area contributed by atoms with E-state index in [1.165, 1.54) is 33.4 Å². The fourth-order valence-electron chi connectivity index (χ4n) is 4.99. The number of rotatable bonds is 5. The van der Waals surface area contributed by atoms with Crippen LogP contribution in [-0.4, -0.2) is 17.7 Å². The van der Waals surface area contributed by atoms with Crippen LogP contribution < -0.4 is 9.47 Å². The summed E-state index contributed by atoms with van der Waals surface area (Å²) in [5.74, 6) is 0.619. The van der Waals surface area contributed by atoms with Crippen molar-refractivity contribution < 1.29 is 19.4 Å². The highest BCUT2D eigenvalue weighted by molar-refractivity contribution is 5.72. The molecule has 0 radical (unpaired) electrons. The minimum atomic E-state index is -0.802. The lowest BCUT2D eigenvalue weighted by molar-refractivity contribution is -0.137. The first kappa shape index (κ1) is 19.7. The molecule has 0 amide bonds. The van der Waals surface area contributed by atoms with Crippen LogP contribution in [0, 0.1) is 13.8 Å². The molecule has 158 valence electrons. The lowest BCUT2D eigenvalue weighted by Gasteiger charge is -2.17. The van der Waals surface area contributed by atoms with Gasteiger partial charge in [0.2, 0.25) is 0 Å². The molecule has 3 aromatic carbocycles. The third-order valence-electron chi connectivity index (χ3n) is 6.50. The van der Waals surface area contributed by atoms with Crippen LogP contribution in [0.2, 0.25) is 0 Å². The molecule has 3 aromatic rings. The Hall–Kier alpha value is -3.27. The molecule has 0 aromatic heterocycles. The highest BCUT2D eigenvalue weighted by Crippen LogP contribution is 2.42. The van der Waals surface area contributed by atoms with Crippen molar-refractivity contribution in [2.45, 2.75) is 45.1 Å². The first-order chi connectivity index (χ1) is 15.0. The van der Waals surface area contributed by atoms with Gasteiger partial charge in [0.05, 0.1) is 13.0 Å². The van der Waals surface area contributed by atoms with Crippen molar-refractivity contribution in [1.82, 2.24) is 0 Å². The number of aliphatic carboxylic acids is 1. The Balaban J connectivity index is 1.41. The number of aryl methyl sites for hydroxylation is 3. The summed E-state index contributed by atoms with van der Waals surface area (Å²) in [5.41, 5.74) is 8.65. The molecule has 31 heavy (non-hydrogen) atoms. The highest BCUT2D eigenvalue weighted by atomic mass is 16.5. The number of hydrogen-bond acceptors (Lipinski definition) is 3. The summed E-state index contributed by atoms with van der Waals surface area (Å²) in [6, 6.07) is 19.0. The SMILES string of the molecule is Cc1cccc(C)c1-c1ccc2c(c1)C(Oc1ccc3c(c1)OCC3CC(=O)O)CC2. The van der Waals surface area contributed by atoms with Crippen LogP contribution in [0.3, 0.4) is 0 Å². The van der Waals surface area contributed by atoms with E-state index in [1.54, 1.807) is 0 Å². The van der Waals surface area contributed by atoms with Gasteiger partial charge < -0.3 is 14.6 Å². The molecule has 2 aliphatic rings. The van der Waals surface area contributed by atoms with Crippen molar-refractivity contribution in [3.05, 3.63) is 82.4 Å². The smallest absolute Gasteiger partial charge is 0.304 e. The summed E-state index contributed by atoms with van der Waals surface area (Å²) in [5, 5.41) is 9.10. The maximum Gasteiger partial charge on any atom is 0.304 e. The van der Waals surface area contributed by atoms with Gasteiger partial charge in [-0.2, -0.15) is 0 Å². The van der Waals surface area contributed by atoms with E-state index in [-0.39, 0.29) is 18.4 Å². The second kappa shape index (κ2) is 7.77. The van der Waals surface area contributed by atoms with Crippen molar-refractivity contribution in [2.24, 2.45) is 0 Å². The average molecular weight is 415 g/mol. The van der Waals surface area contributed by atoms with Gasteiger partial charge in [-0.3, -0.25) is 4.79 Å². The molecule has 4 nitrogen and oxygen atoms in total. The number of carboxylic acids is 1. The number of hydrogen-bond donors (Lipinski definition) is 1. The standard InChI is InChI=1S/C27H26O4/c1-16-4-3-5-17(2)27(16)19-7-6-18-8-11-24(23(18)12-19)31-21-9-10-22-20(13-26(28)29)15-30-25(22)14-21/h3-7,9-10,12,14,20,24H,8,11,13,15H2,1-2H3,(H,28,29). The molecule has 4 heteroatoms. The second-order valence-electron chi connectivity index (χ2n) is 8.63. The minimum Gasteiger partial charge on any atom is -0.492 e. The van der Waals surface area contributed by atoms with Gasteiger partial charge in [-0.1, -0.05) is 36.4 Å². The van der Waals surface area contributed by atoms with Crippen LogP contribution in [0.1, 0.15) is 52.7 Å².